The predicted octanol–water partition coefficient (Wildman–Crippen LogP) is 2.55. The van der Waals surface area contributed by atoms with Gasteiger partial charge < -0.3 is 19.9 Å². The molecule has 4 atom stereocenters. The number of ether oxygens (including phenoxy) is 2. The number of aliphatic carboxylic acids is 1. The maximum absolute atomic E-state index is 12.7. The second-order valence-corrected chi connectivity index (χ2v) is 6.66. The Kier molecular flexibility index (Phi) is 4.97. The quantitative estimate of drug-likeness (QED) is 0.742. The molecule has 1 amide bonds. The number of amides is 1. The summed E-state index contributed by atoms with van der Waals surface area (Å²) < 4.78 is 10.5. The molecule has 0 saturated heterocycles. The van der Waals surface area contributed by atoms with Gasteiger partial charge in [0.15, 0.2) is 11.5 Å². The van der Waals surface area contributed by atoms with Crippen molar-refractivity contribution in [1.82, 2.24) is 5.32 Å². The van der Waals surface area contributed by atoms with Gasteiger partial charge in [0.2, 0.25) is 5.91 Å². The molecule has 1 aromatic rings. The van der Waals surface area contributed by atoms with Gasteiger partial charge in [-0.1, -0.05) is 18.2 Å². The van der Waals surface area contributed by atoms with Crippen molar-refractivity contribution in [3.05, 3.63) is 35.9 Å². The van der Waals surface area contributed by atoms with Gasteiger partial charge in [0.1, 0.15) is 0 Å². The van der Waals surface area contributed by atoms with Crippen molar-refractivity contribution in [2.75, 3.05) is 14.2 Å². The number of carbonyl (C=O) groups is 2. The third kappa shape index (κ3) is 3.62. The first-order valence-electron chi connectivity index (χ1n) is 8.44. The molecule has 2 N–H and O–H groups in total. The molecule has 0 aromatic heterocycles. The maximum atomic E-state index is 12.7. The van der Waals surface area contributed by atoms with Crippen LogP contribution in [0.2, 0.25) is 0 Å². The largest absolute Gasteiger partial charge is 0.493 e. The predicted molar refractivity (Wildman–Crippen MR) is 91.5 cm³/mol. The number of nitrogens with one attached hydrogen (secondary N) is 1. The Hall–Kier alpha value is -2.50. The normalized spacial score (nSPS) is 24.8. The van der Waals surface area contributed by atoms with E-state index in [0.717, 1.165) is 12.8 Å². The van der Waals surface area contributed by atoms with Gasteiger partial charge in [-0.25, -0.2) is 0 Å². The van der Waals surface area contributed by atoms with Crippen molar-refractivity contribution in [1.29, 1.82) is 0 Å². The third-order valence-corrected chi connectivity index (χ3v) is 5.12. The summed E-state index contributed by atoms with van der Waals surface area (Å²) in [5.74, 6) is 0.732. The molecule has 0 spiro atoms. The molecule has 2 aliphatic carbocycles. The SMILES string of the molecule is COc1ccc(C(CC(=O)O)NC(=O)C2CC3C=CC2C3)cc1OC. The average Bonchev–Trinajstić information content (AvgIpc) is 3.23. The number of carboxylic acid groups (broad SMARTS) is 1. The second kappa shape index (κ2) is 7.17. The fraction of sp³-hybridized carbons (Fsp3) is 0.474. The van der Waals surface area contributed by atoms with Gasteiger partial charge in [0, 0.05) is 5.92 Å². The Bertz CT molecular complexity index is 699. The summed E-state index contributed by atoms with van der Waals surface area (Å²) in [5, 5.41) is 12.2. The fourth-order valence-electron chi connectivity index (χ4n) is 3.86. The minimum atomic E-state index is -0.965. The lowest BCUT2D eigenvalue weighted by molar-refractivity contribution is -0.138. The lowest BCUT2D eigenvalue weighted by atomic mass is 9.92. The summed E-state index contributed by atoms with van der Waals surface area (Å²) in [7, 11) is 3.06. The van der Waals surface area contributed by atoms with E-state index in [2.05, 4.69) is 17.5 Å². The zero-order chi connectivity index (χ0) is 18.0. The van der Waals surface area contributed by atoms with Gasteiger partial charge in [0.25, 0.3) is 0 Å². The highest BCUT2D eigenvalue weighted by Crippen LogP contribution is 2.43. The van der Waals surface area contributed by atoms with Crippen LogP contribution in [0.1, 0.15) is 30.9 Å². The average molecular weight is 345 g/mol. The lowest BCUT2D eigenvalue weighted by Crippen LogP contribution is -2.36. The molecule has 1 saturated carbocycles. The molecular weight excluding hydrogens is 322 g/mol. The Balaban J connectivity index is 1.79. The highest BCUT2D eigenvalue weighted by molar-refractivity contribution is 5.81. The van der Waals surface area contributed by atoms with E-state index < -0.39 is 12.0 Å². The number of hydrogen-bond donors (Lipinski definition) is 2. The van der Waals surface area contributed by atoms with Gasteiger partial charge in [0.05, 0.1) is 26.7 Å². The van der Waals surface area contributed by atoms with Crippen LogP contribution in [0.3, 0.4) is 0 Å². The monoisotopic (exact) mass is 345 g/mol. The number of carbonyl (C=O) groups excluding carboxylic acids is 1. The standard InChI is InChI=1S/C19H23NO5/c1-24-16-6-5-13(9-17(16)25-2)15(10-18(21)22)20-19(23)14-8-11-3-4-12(14)7-11/h3-6,9,11-12,14-15H,7-8,10H2,1-2H3,(H,20,23)(H,21,22). The van der Waals surface area contributed by atoms with E-state index in [0.29, 0.717) is 23.0 Å². The Morgan fingerprint density at radius 2 is 1.96 bits per heavy atom. The summed E-state index contributed by atoms with van der Waals surface area (Å²) in [5.41, 5.74) is 0.687. The number of allylic oxidation sites excluding steroid dienone is 2. The van der Waals surface area contributed by atoms with Gasteiger partial charge in [-0.2, -0.15) is 0 Å². The minimum Gasteiger partial charge on any atom is -0.493 e. The number of rotatable bonds is 7. The molecular formula is C19H23NO5. The van der Waals surface area contributed by atoms with E-state index in [1.165, 1.54) is 14.2 Å². The van der Waals surface area contributed by atoms with E-state index in [1.807, 2.05) is 0 Å². The van der Waals surface area contributed by atoms with Crippen LogP contribution >= 0.6 is 0 Å². The first kappa shape index (κ1) is 17.3. The zero-order valence-corrected chi connectivity index (χ0v) is 14.4. The van der Waals surface area contributed by atoms with Crippen LogP contribution in [0.15, 0.2) is 30.4 Å². The van der Waals surface area contributed by atoms with Crippen molar-refractivity contribution >= 4 is 11.9 Å². The molecule has 2 bridgehead atoms. The van der Waals surface area contributed by atoms with Gasteiger partial charge in [-0.05, 0) is 42.4 Å². The maximum Gasteiger partial charge on any atom is 0.305 e. The highest BCUT2D eigenvalue weighted by atomic mass is 16.5. The van der Waals surface area contributed by atoms with Crippen LogP contribution < -0.4 is 14.8 Å². The molecule has 0 heterocycles. The number of hydrogen-bond acceptors (Lipinski definition) is 4. The van der Waals surface area contributed by atoms with Crippen molar-refractivity contribution in [3.8, 4) is 11.5 Å². The van der Waals surface area contributed by atoms with E-state index in [1.54, 1.807) is 18.2 Å². The second-order valence-electron chi connectivity index (χ2n) is 6.66. The lowest BCUT2D eigenvalue weighted by Gasteiger charge is -2.23. The van der Waals surface area contributed by atoms with Crippen molar-refractivity contribution in [3.63, 3.8) is 0 Å². The van der Waals surface area contributed by atoms with E-state index in [4.69, 9.17) is 9.47 Å². The molecule has 25 heavy (non-hydrogen) atoms. The zero-order valence-electron chi connectivity index (χ0n) is 14.4. The highest BCUT2D eigenvalue weighted by Gasteiger charge is 2.40. The number of benzene rings is 1. The molecule has 3 rings (SSSR count). The third-order valence-electron chi connectivity index (χ3n) is 5.12. The summed E-state index contributed by atoms with van der Waals surface area (Å²) in [4.78, 5) is 24.0. The van der Waals surface area contributed by atoms with Crippen LogP contribution in [-0.2, 0) is 9.59 Å². The molecule has 6 heteroatoms. The molecule has 1 fully saturated rings. The first-order valence-corrected chi connectivity index (χ1v) is 8.44. The van der Waals surface area contributed by atoms with Crippen LogP contribution in [0.25, 0.3) is 0 Å². The van der Waals surface area contributed by atoms with Gasteiger partial charge in [-0.3, -0.25) is 9.59 Å². The molecule has 2 aliphatic rings. The Labute approximate surface area is 146 Å². The minimum absolute atomic E-state index is 0.0635. The summed E-state index contributed by atoms with van der Waals surface area (Å²) >= 11 is 0. The van der Waals surface area contributed by atoms with E-state index in [9.17, 15) is 14.7 Å². The van der Waals surface area contributed by atoms with Crippen molar-refractivity contribution in [2.45, 2.75) is 25.3 Å². The summed E-state index contributed by atoms with van der Waals surface area (Å²) in [6, 6.07) is 4.59. The van der Waals surface area contributed by atoms with Gasteiger partial charge >= 0.3 is 5.97 Å². The van der Waals surface area contributed by atoms with Crippen molar-refractivity contribution < 1.29 is 24.2 Å². The number of methoxy groups -OCH3 is 2. The topological polar surface area (TPSA) is 84.9 Å². The molecule has 1 aromatic carbocycles. The van der Waals surface area contributed by atoms with E-state index >= 15 is 0 Å². The molecule has 6 nitrogen and oxygen atoms in total. The Morgan fingerprint density at radius 3 is 2.52 bits per heavy atom. The van der Waals surface area contributed by atoms with E-state index in [-0.39, 0.29) is 24.2 Å². The van der Waals surface area contributed by atoms with Crippen LogP contribution in [0, 0.1) is 17.8 Å². The molecule has 134 valence electrons. The molecule has 4 unspecified atom stereocenters. The molecule has 0 radical (unpaired) electrons. The molecule has 0 aliphatic heterocycles. The van der Waals surface area contributed by atoms with Crippen LogP contribution in [0.5, 0.6) is 11.5 Å². The van der Waals surface area contributed by atoms with Crippen LogP contribution in [-0.4, -0.2) is 31.2 Å². The summed E-state index contributed by atoms with van der Waals surface area (Å²) in [6.45, 7) is 0. The Morgan fingerprint density at radius 1 is 1.20 bits per heavy atom. The number of carboxylic acids is 1. The number of fused-ring (bicyclic) bond motifs is 2. The van der Waals surface area contributed by atoms with Crippen molar-refractivity contribution in [2.24, 2.45) is 17.8 Å². The van der Waals surface area contributed by atoms with Gasteiger partial charge in [-0.15, -0.1) is 0 Å². The fourth-order valence-corrected chi connectivity index (χ4v) is 3.86. The first-order chi connectivity index (χ1) is 12.0. The van der Waals surface area contributed by atoms with Crippen LogP contribution in [0.4, 0.5) is 0 Å². The smallest absolute Gasteiger partial charge is 0.305 e. The summed E-state index contributed by atoms with van der Waals surface area (Å²) in [6.07, 6.45) is 5.98.